The van der Waals surface area contributed by atoms with E-state index in [0.717, 1.165) is 36.8 Å². The number of hydrogen-bond acceptors (Lipinski definition) is 6. The van der Waals surface area contributed by atoms with Crippen LogP contribution in [0.15, 0.2) is 36.5 Å². The van der Waals surface area contributed by atoms with Crippen molar-refractivity contribution in [1.29, 1.82) is 0 Å². The zero-order valence-electron chi connectivity index (χ0n) is 13.9. The van der Waals surface area contributed by atoms with Crippen LogP contribution < -0.4 is 15.4 Å². The van der Waals surface area contributed by atoms with Crippen LogP contribution in [0.1, 0.15) is 20.3 Å². The monoisotopic (exact) mass is 316 g/mol. The number of nitrogens with zero attached hydrogens (tertiary/aromatic N) is 2. The first-order chi connectivity index (χ1) is 11.2. The molecule has 6 heteroatoms. The van der Waals surface area contributed by atoms with E-state index in [1.54, 1.807) is 13.3 Å². The molecule has 0 aliphatic rings. The van der Waals surface area contributed by atoms with Crippen molar-refractivity contribution in [2.75, 3.05) is 30.9 Å². The predicted molar refractivity (Wildman–Crippen MR) is 92.5 cm³/mol. The highest BCUT2D eigenvalue weighted by atomic mass is 16.5. The van der Waals surface area contributed by atoms with Gasteiger partial charge in [0, 0.05) is 32.1 Å². The average Bonchev–Trinajstić information content (AvgIpc) is 2.53. The highest BCUT2D eigenvalue weighted by Gasteiger charge is 2.01. The summed E-state index contributed by atoms with van der Waals surface area (Å²) in [6, 6.07) is 9.64. The summed E-state index contributed by atoms with van der Waals surface area (Å²) in [6.45, 7) is 5.51. The Morgan fingerprint density at radius 3 is 2.61 bits per heavy atom. The van der Waals surface area contributed by atoms with Crippen LogP contribution in [0.25, 0.3) is 0 Å². The maximum atomic E-state index is 5.63. The summed E-state index contributed by atoms with van der Waals surface area (Å²) in [6.07, 6.45) is 2.81. The number of aromatic nitrogens is 2. The molecule has 1 aromatic carbocycles. The van der Waals surface area contributed by atoms with Crippen molar-refractivity contribution in [3.05, 3.63) is 36.5 Å². The Hall–Kier alpha value is -2.34. The molecule has 2 rings (SSSR count). The molecular formula is C17H24N4O2. The lowest BCUT2D eigenvalue weighted by atomic mass is 10.3. The van der Waals surface area contributed by atoms with Crippen molar-refractivity contribution in [2.45, 2.75) is 26.4 Å². The Kier molecular flexibility index (Phi) is 6.62. The Labute approximate surface area is 137 Å². The minimum absolute atomic E-state index is 0.169. The summed E-state index contributed by atoms with van der Waals surface area (Å²) < 4.78 is 10.6. The normalized spacial score (nSPS) is 10.6. The van der Waals surface area contributed by atoms with Crippen LogP contribution in [0.2, 0.25) is 0 Å². The number of anilines is 3. The number of nitrogens with one attached hydrogen (secondary N) is 2. The van der Waals surface area contributed by atoms with Crippen LogP contribution in [0.5, 0.6) is 5.75 Å². The Balaban J connectivity index is 1.91. The second-order valence-corrected chi connectivity index (χ2v) is 5.35. The van der Waals surface area contributed by atoms with Gasteiger partial charge in [-0.1, -0.05) is 0 Å². The van der Waals surface area contributed by atoms with E-state index in [4.69, 9.17) is 9.47 Å². The summed E-state index contributed by atoms with van der Waals surface area (Å²) in [5.74, 6) is 2.20. The maximum Gasteiger partial charge on any atom is 0.224 e. The number of ether oxygens (including phenoxy) is 2. The van der Waals surface area contributed by atoms with E-state index >= 15 is 0 Å². The molecule has 0 atom stereocenters. The zero-order valence-corrected chi connectivity index (χ0v) is 13.9. The second-order valence-electron chi connectivity index (χ2n) is 5.35. The van der Waals surface area contributed by atoms with E-state index in [-0.39, 0.29) is 6.10 Å². The third-order valence-electron chi connectivity index (χ3n) is 2.96. The number of benzene rings is 1. The van der Waals surface area contributed by atoms with Crippen LogP contribution in [0.3, 0.4) is 0 Å². The summed E-state index contributed by atoms with van der Waals surface area (Å²) in [5.41, 5.74) is 0.949. The lowest BCUT2D eigenvalue weighted by Gasteiger charge is -2.11. The summed E-state index contributed by atoms with van der Waals surface area (Å²) in [4.78, 5) is 8.63. The summed E-state index contributed by atoms with van der Waals surface area (Å²) in [5, 5.41) is 6.43. The number of hydrogen-bond donors (Lipinski definition) is 2. The van der Waals surface area contributed by atoms with Crippen LogP contribution >= 0.6 is 0 Å². The smallest absolute Gasteiger partial charge is 0.224 e. The van der Waals surface area contributed by atoms with Crippen molar-refractivity contribution >= 4 is 17.5 Å². The molecule has 0 aliphatic carbocycles. The molecule has 0 aliphatic heterocycles. The molecule has 0 amide bonds. The fourth-order valence-electron chi connectivity index (χ4n) is 1.97. The molecule has 0 radical (unpaired) electrons. The SMILES string of the molecule is COCCCNc1nccc(Nc2ccc(OC(C)C)cc2)n1. The summed E-state index contributed by atoms with van der Waals surface area (Å²) in [7, 11) is 1.69. The van der Waals surface area contributed by atoms with Crippen molar-refractivity contribution in [2.24, 2.45) is 0 Å². The van der Waals surface area contributed by atoms with Gasteiger partial charge in [-0.15, -0.1) is 0 Å². The molecule has 1 aromatic heterocycles. The van der Waals surface area contributed by atoms with E-state index in [1.807, 2.05) is 44.2 Å². The molecule has 6 nitrogen and oxygen atoms in total. The maximum absolute atomic E-state index is 5.63. The van der Waals surface area contributed by atoms with E-state index in [1.165, 1.54) is 0 Å². The topological polar surface area (TPSA) is 68.3 Å². The van der Waals surface area contributed by atoms with E-state index < -0.39 is 0 Å². The van der Waals surface area contributed by atoms with Gasteiger partial charge in [-0.05, 0) is 50.6 Å². The van der Waals surface area contributed by atoms with Crippen LogP contribution in [0, 0.1) is 0 Å². The van der Waals surface area contributed by atoms with Crippen molar-refractivity contribution < 1.29 is 9.47 Å². The molecular weight excluding hydrogens is 292 g/mol. The van der Waals surface area contributed by atoms with Gasteiger partial charge in [0.2, 0.25) is 5.95 Å². The standard InChI is InChI=1S/C17H24N4O2/c1-13(2)23-15-7-5-14(6-8-15)20-16-9-11-19-17(21-16)18-10-4-12-22-3/h5-9,11,13H,4,10,12H2,1-3H3,(H2,18,19,20,21). The van der Waals surface area contributed by atoms with Crippen LogP contribution in [-0.2, 0) is 4.74 Å². The molecule has 1 heterocycles. The first-order valence-corrected chi connectivity index (χ1v) is 7.77. The number of methoxy groups -OCH3 is 1. The molecule has 0 saturated heterocycles. The highest BCUT2D eigenvalue weighted by molar-refractivity contribution is 5.57. The molecule has 124 valence electrons. The van der Waals surface area contributed by atoms with Crippen molar-refractivity contribution in [1.82, 2.24) is 9.97 Å². The van der Waals surface area contributed by atoms with Gasteiger partial charge in [0.15, 0.2) is 0 Å². The van der Waals surface area contributed by atoms with Gasteiger partial charge in [0.05, 0.1) is 6.10 Å². The molecule has 23 heavy (non-hydrogen) atoms. The Morgan fingerprint density at radius 2 is 1.91 bits per heavy atom. The van der Waals surface area contributed by atoms with Crippen LogP contribution in [0.4, 0.5) is 17.5 Å². The van der Waals surface area contributed by atoms with Gasteiger partial charge in [-0.3, -0.25) is 0 Å². The lowest BCUT2D eigenvalue weighted by molar-refractivity contribution is 0.197. The zero-order chi connectivity index (χ0) is 16.5. The summed E-state index contributed by atoms with van der Waals surface area (Å²) >= 11 is 0. The molecule has 0 unspecified atom stereocenters. The quantitative estimate of drug-likeness (QED) is 0.691. The molecule has 2 N–H and O–H groups in total. The van der Waals surface area contributed by atoms with Crippen molar-refractivity contribution in [3.63, 3.8) is 0 Å². The lowest BCUT2D eigenvalue weighted by Crippen LogP contribution is -2.08. The van der Waals surface area contributed by atoms with E-state index in [9.17, 15) is 0 Å². The van der Waals surface area contributed by atoms with Gasteiger partial charge in [-0.25, -0.2) is 4.98 Å². The predicted octanol–water partition coefficient (Wildman–Crippen LogP) is 3.46. The molecule has 0 saturated carbocycles. The van der Waals surface area contributed by atoms with Gasteiger partial charge in [0.25, 0.3) is 0 Å². The fourth-order valence-corrected chi connectivity index (χ4v) is 1.97. The van der Waals surface area contributed by atoms with Crippen LogP contribution in [-0.4, -0.2) is 36.3 Å². The van der Waals surface area contributed by atoms with E-state index in [0.29, 0.717) is 5.95 Å². The van der Waals surface area contributed by atoms with Gasteiger partial charge in [-0.2, -0.15) is 4.98 Å². The first-order valence-electron chi connectivity index (χ1n) is 7.77. The highest BCUT2D eigenvalue weighted by Crippen LogP contribution is 2.20. The van der Waals surface area contributed by atoms with Crippen molar-refractivity contribution in [3.8, 4) is 5.75 Å². The minimum atomic E-state index is 0.169. The minimum Gasteiger partial charge on any atom is -0.491 e. The fraction of sp³-hybridized carbons (Fsp3) is 0.412. The molecule has 0 fully saturated rings. The Bertz CT molecular complexity index is 587. The third kappa shape index (κ3) is 6.12. The molecule has 2 aromatic rings. The number of rotatable bonds is 9. The van der Waals surface area contributed by atoms with Gasteiger partial charge in [0.1, 0.15) is 11.6 Å². The first kappa shape index (κ1) is 17.0. The van der Waals surface area contributed by atoms with Gasteiger partial charge >= 0.3 is 0 Å². The molecule has 0 spiro atoms. The largest absolute Gasteiger partial charge is 0.491 e. The second kappa shape index (κ2) is 8.95. The van der Waals surface area contributed by atoms with E-state index in [2.05, 4.69) is 20.6 Å². The average molecular weight is 316 g/mol. The molecule has 0 bridgehead atoms. The third-order valence-corrected chi connectivity index (χ3v) is 2.96. The Morgan fingerprint density at radius 1 is 1.13 bits per heavy atom. The van der Waals surface area contributed by atoms with Gasteiger partial charge < -0.3 is 20.1 Å².